The predicted octanol–water partition coefficient (Wildman–Crippen LogP) is 7.69. The summed E-state index contributed by atoms with van der Waals surface area (Å²) < 4.78 is 0. The Bertz CT molecular complexity index is 714. The smallest absolute Gasteiger partial charge is 0.335 e. The van der Waals surface area contributed by atoms with Gasteiger partial charge in [-0.25, -0.2) is 14.4 Å². The number of carboxylic acid groups (broad SMARTS) is 3. The summed E-state index contributed by atoms with van der Waals surface area (Å²) in [6.07, 6.45) is 17.8. The lowest BCUT2D eigenvalue weighted by molar-refractivity contribution is -0.133. The van der Waals surface area contributed by atoms with Crippen LogP contribution in [0, 0.1) is 0 Å². The highest BCUT2D eigenvalue weighted by Gasteiger charge is 2.20. The molecular weight excluding hydrogens is 432 g/mol. The second-order valence-electron chi connectivity index (χ2n) is 9.02. The Hall–Kier alpha value is -2.37. The molecule has 0 saturated carbocycles. The number of unbranched alkanes of at least 4 members (excludes halogenated alkanes) is 12. The summed E-state index contributed by atoms with van der Waals surface area (Å²) in [6, 6.07) is 0. The van der Waals surface area contributed by atoms with Gasteiger partial charge in [0, 0.05) is 11.6 Å². The Labute approximate surface area is 205 Å². The fraction of sp³-hybridized carbons (Fsp3) is 0.679. The summed E-state index contributed by atoms with van der Waals surface area (Å²) in [6.45, 7) is 5.93. The molecule has 0 radical (unpaired) electrons. The van der Waals surface area contributed by atoms with Gasteiger partial charge in [-0.2, -0.15) is 0 Å². The summed E-state index contributed by atoms with van der Waals surface area (Å²) in [5.74, 6) is -3.52. The minimum Gasteiger partial charge on any atom is -0.478 e. The molecule has 0 amide bonds. The number of allylic oxidation sites excluding steroid dienone is 2. The molecule has 0 heterocycles. The van der Waals surface area contributed by atoms with Crippen LogP contribution in [0.15, 0.2) is 34.4 Å². The Balaban J connectivity index is 5.62. The number of hydrogen-bond acceptors (Lipinski definition) is 3. The first kappa shape index (κ1) is 31.6. The lowest BCUT2D eigenvalue weighted by Crippen LogP contribution is -2.10. The van der Waals surface area contributed by atoms with Gasteiger partial charge in [-0.3, -0.25) is 0 Å². The largest absolute Gasteiger partial charge is 0.478 e. The van der Waals surface area contributed by atoms with Gasteiger partial charge in [0.1, 0.15) is 0 Å². The van der Waals surface area contributed by atoms with Crippen LogP contribution in [0.25, 0.3) is 0 Å². The summed E-state index contributed by atoms with van der Waals surface area (Å²) in [5, 5.41) is 28.6. The van der Waals surface area contributed by atoms with E-state index in [2.05, 4.69) is 13.8 Å². The lowest BCUT2D eigenvalue weighted by atomic mass is 9.89. The second kappa shape index (κ2) is 20.0. The zero-order valence-corrected chi connectivity index (χ0v) is 21.5. The van der Waals surface area contributed by atoms with E-state index in [9.17, 15) is 24.6 Å². The summed E-state index contributed by atoms with van der Waals surface area (Å²) in [5.41, 5.74) is 0.978. The molecule has 0 aliphatic rings. The molecule has 194 valence electrons. The average Bonchev–Trinajstić information content (AvgIpc) is 2.77. The molecule has 0 aromatic carbocycles. The summed E-state index contributed by atoms with van der Waals surface area (Å²) >= 11 is 0. The number of hydrogen-bond donors (Lipinski definition) is 3. The van der Waals surface area contributed by atoms with E-state index < -0.39 is 17.9 Å². The molecule has 0 rings (SSSR count). The van der Waals surface area contributed by atoms with Gasteiger partial charge in [0.2, 0.25) is 0 Å². The highest BCUT2D eigenvalue weighted by atomic mass is 16.4. The second-order valence-corrected chi connectivity index (χ2v) is 9.02. The molecular formula is C28H46O6. The molecule has 0 unspecified atom stereocenters. The minimum absolute atomic E-state index is 0.168. The zero-order chi connectivity index (χ0) is 25.8. The van der Waals surface area contributed by atoms with E-state index in [1.807, 2.05) is 0 Å². The van der Waals surface area contributed by atoms with Crippen LogP contribution in [-0.4, -0.2) is 33.2 Å². The van der Waals surface area contributed by atoms with E-state index in [0.717, 1.165) is 69.9 Å². The van der Waals surface area contributed by atoms with Gasteiger partial charge in [0.05, 0.1) is 5.57 Å². The minimum atomic E-state index is -1.26. The van der Waals surface area contributed by atoms with Crippen molar-refractivity contribution in [3.05, 3.63) is 34.4 Å². The molecule has 0 aliphatic heterocycles. The quantitative estimate of drug-likeness (QED) is 0.0885. The van der Waals surface area contributed by atoms with Gasteiger partial charge < -0.3 is 15.3 Å². The first-order chi connectivity index (χ1) is 16.3. The monoisotopic (exact) mass is 478 g/mol. The van der Waals surface area contributed by atoms with Gasteiger partial charge in [-0.1, -0.05) is 90.9 Å². The maximum Gasteiger partial charge on any atom is 0.335 e. The number of rotatable bonds is 21. The van der Waals surface area contributed by atoms with Crippen LogP contribution < -0.4 is 0 Å². The van der Waals surface area contributed by atoms with Gasteiger partial charge in [0.25, 0.3) is 0 Å². The van der Waals surface area contributed by atoms with Crippen LogP contribution in [0.5, 0.6) is 0 Å². The first-order valence-electron chi connectivity index (χ1n) is 13.1. The lowest BCUT2D eigenvalue weighted by Gasteiger charge is -2.16. The third-order valence-electron chi connectivity index (χ3n) is 6.16. The van der Waals surface area contributed by atoms with E-state index in [-0.39, 0.29) is 11.1 Å². The molecule has 0 bridgehead atoms. The normalized spacial score (nSPS) is 13.0. The Kier molecular flexibility index (Phi) is 18.6. The van der Waals surface area contributed by atoms with Gasteiger partial charge in [-0.05, 0) is 49.8 Å². The topological polar surface area (TPSA) is 112 Å². The predicted molar refractivity (Wildman–Crippen MR) is 137 cm³/mol. The van der Waals surface area contributed by atoms with Crippen molar-refractivity contribution in [2.75, 3.05) is 0 Å². The third-order valence-corrected chi connectivity index (χ3v) is 6.16. The molecule has 0 aromatic rings. The van der Waals surface area contributed by atoms with Crippen LogP contribution in [0.4, 0.5) is 0 Å². The third kappa shape index (κ3) is 14.7. The van der Waals surface area contributed by atoms with E-state index in [0.29, 0.717) is 24.0 Å². The summed E-state index contributed by atoms with van der Waals surface area (Å²) in [7, 11) is 0. The van der Waals surface area contributed by atoms with E-state index >= 15 is 0 Å². The Morgan fingerprint density at radius 3 is 1.35 bits per heavy atom. The highest BCUT2D eigenvalue weighted by Crippen LogP contribution is 2.28. The van der Waals surface area contributed by atoms with E-state index in [4.69, 9.17) is 5.11 Å². The van der Waals surface area contributed by atoms with Crippen LogP contribution in [0.2, 0.25) is 0 Å². The number of aliphatic carboxylic acids is 3. The van der Waals surface area contributed by atoms with Crippen molar-refractivity contribution >= 4 is 17.9 Å². The molecule has 6 nitrogen and oxygen atoms in total. The molecule has 6 heteroatoms. The van der Waals surface area contributed by atoms with Gasteiger partial charge >= 0.3 is 17.9 Å². The molecule has 3 N–H and O–H groups in total. The van der Waals surface area contributed by atoms with Crippen LogP contribution in [0.3, 0.4) is 0 Å². The van der Waals surface area contributed by atoms with Crippen molar-refractivity contribution in [1.29, 1.82) is 0 Å². The standard InChI is InChI=1S/C28H46O6/c1-4-6-8-10-12-13-15-17-19-25(28(33)34)23(18-16-14-11-9-7-5-2)22(3)24(27(31)32)20-21-26(29)30/h20-21H,4-19H2,1-3H3,(H,29,30)(H,31,32)(H,33,34). The van der Waals surface area contributed by atoms with Crippen molar-refractivity contribution in [3.63, 3.8) is 0 Å². The van der Waals surface area contributed by atoms with Crippen molar-refractivity contribution in [2.45, 2.75) is 124 Å². The number of carboxylic acids is 3. The maximum atomic E-state index is 12.2. The average molecular weight is 479 g/mol. The van der Waals surface area contributed by atoms with Gasteiger partial charge in [-0.15, -0.1) is 0 Å². The molecule has 0 aromatic heterocycles. The Morgan fingerprint density at radius 1 is 0.559 bits per heavy atom. The van der Waals surface area contributed by atoms with Gasteiger partial charge in [0.15, 0.2) is 0 Å². The molecule has 0 fully saturated rings. The van der Waals surface area contributed by atoms with Crippen LogP contribution in [0.1, 0.15) is 124 Å². The Morgan fingerprint density at radius 2 is 0.971 bits per heavy atom. The zero-order valence-electron chi connectivity index (χ0n) is 21.5. The fourth-order valence-electron chi connectivity index (χ4n) is 4.14. The number of carbonyl (C=O) groups is 3. The molecule has 0 atom stereocenters. The first-order valence-corrected chi connectivity index (χ1v) is 13.1. The highest BCUT2D eigenvalue weighted by molar-refractivity contribution is 5.95. The maximum absolute atomic E-state index is 12.2. The molecule has 0 aliphatic carbocycles. The van der Waals surface area contributed by atoms with Crippen LogP contribution in [-0.2, 0) is 14.4 Å². The SMILES string of the molecule is CCCCCCCCCCC(C(=O)O)=C(CCCCCCCC)C(C)=C(C=CC(=O)O)C(=O)O. The van der Waals surface area contributed by atoms with Crippen LogP contribution >= 0.6 is 0 Å². The molecule has 0 spiro atoms. The molecule has 34 heavy (non-hydrogen) atoms. The molecule has 0 saturated heterocycles. The summed E-state index contributed by atoms with van der Waals surface area (Å²) in [4.78, 5) is 34.9. The van der Waals surface area contributed by atoms with E-state index in [1.165, 1.54) is 32.1 Å². The van der Waals surface area contributed by atoms with Crippen molar-refractivity contribution in [2.24, 2.45) is 0 Å². The van der Waals surface area contributed by atoms with Crippen molar-refractivity contribution < 1.29 is 29.7 Å². The fourth-order valence-corrected chi connectivity index (χ4v) is 4.14. The van der Waals surface area contributed by atoms with Crippen molar-refractivity contribution in [3.8, 4) is 0 Å². The van der Waals surface area contributed by atoms with Crippen molar-refractivity contribution in [1.82, 2.24) is 0 Å². The van der Waals surface area contributed by atoms with E-state index in [1.54, 1.807) is 6.92 Å².